The van der Waals surface area contributed by atoms with Crippen LogP contribution >= 0.6 is 0 Å². The molecular formula is C25H33N5O2. The van der Waals surface area contributed by atoms with E-state index < -0.39 is 0 Å². The molecule has 2 saturated heterocycles. The maximum atomic E-state index is 12.8. The Hall–Kier alpha value is -2.93. The molecule has 1 N–H and O–H groups in total. The highest BCUT2D eigenvalue weighted by Gasteiger charge is 2.30. The molecule has 32 heavy (non-hydrogen) atoms. The molecule has 2 aliphatic rings. The van der Waals surface area contributed by atoms with Crippen molar-refractivity contribution in [2.45, 2.75) is 26.3 Å². The lowest BCUT2D eigenvalue weighted by molar-refractivity contribution is -0.140. The van der Waals surface area contributed by atoms with Gasteiger partial charge in [-0.2, -0.15) is 0 Å². The van der Waals surface area contributed by atoms with Gasteiger partial charge < -0.3 is 19.9 Å². The summed E-state index contributed by atoms with van der Waals surface area (Å²) >= 11 is 0. The first-order valence-corrected chi connectivity index (χ1v) is 11.6. The van der Waals surface area contributed by atoms with Gasteiger partial charge >= 0.3 is 0 Å². The molecule has 3 heterocycles. The van der Waals surface area contributed by atoms with E-state index >= 15 is 0 Å². The van der Waals surface area contributed by atoms with Gasteiger partial charge in [0.05, 0.1) is 25.5 Å². The summed E-state index contributed by atoms with van der Waals surface area (Å²) < 4.78 is 5.38. The van der Waals surface area contributed by atoms with E-state index in [0.29, 0.717) is 25.7 Å². The van der Waals surface area contributed by atoms with E-state index in [9.17, 15) is 4.79 Å². The molecule has 170 valence electrons. The Morgan fingerprint density at radius 3 is 2.62 bits per heavy atom. The van der Waals surface area contributed by atoms with Gasteiger partial charge in [0.1, 0.15) is 0 Å². The molecule has 0 unspecified atom stereocenters. The first-order valence-electron chi connectivity index (χ1n) is 11.6. The summed E-state index contributed by atoms with van der Waals surface area (Å²) in [5, 5.41) is 3.43. The maximum Gasteiger partial charge on any atom is 0.225 e. The van der Waals surface area contributed by atoms with Crippen molar-refractivity contribution in [2.75, 3.05) is 45.9 Å². The highest BCUT2D eigenvalue weighted by molar-refractivity contribution is 5.82. The standard InChI is InChI=1S/C25H33N5O2/c1-2-26-25(28-19-20-6-5-7-22(18-20)23-8-3-4-11-27-23)30-12-9-21(10-13-30)24(31)29-14-16-32-17-15-29/h3-8,11,18,21H,2,9-10,12-17,19H2,1H3,(H,26,28). The van der Waals surface area contributed by atoms with Crippen molar-refractivity contribution in [1.82, 2.24) is 20.1 Å². The minimum atomic E-state index is 0.113. The molecule has 0 saturated carbocycles. The Morgan fingerprint density at radius 1 is 1.09 bits per heavy atom. The number of pyridine rings is 1. The number of carbonyl (C=O) groups is 1. The largest absolute Gasteiger partial charge is 0.378 e. The number of aliphatic imine (C=N–C) groups is 1. The second-order valence-electron chi connectivity index (χ2n) is 8.28. The van der Waals surface area contributed by atoms with E-state index in [2.05, 4.69) is 46.4 Å². The summed E-state index contributed by atoms with van der Waals surface area (Å²) in [6, 6.07) is 14.4. The molecule has 4 rings (SSSR count). The first-order chi connectivity index (χ1) is 15.7. The quantitative estimate of drug-likeness (QED) is 0.578. The van der Waals surface area contributed by atoms with Crippen LogP contribution in [-0.4, -0.2) is 72.6 Å². The number of hydrogen-bond acceptors (Lipinski definition) is 4. The highest BCUT2D eigenvalue weighted by Crippen LogP contribution is 2.21. The van der Waals surface area contributed by atoms with Crippen LogP contribution in [0.1, 0.15) is 25.3 Å². The van der Waals surface area contributed by atoms with Crippen molar-refractivity contribution in [3.63, 3.8) is 0 Å². The molecule has 7 heteroatoms. The zero-order chi connectivity index (χ0) is 22.2. The third-order valence-electron chi connectivity index (χ3n) is 6.10. The molecule has 1 aromatic carbocycles. The van der Waals surface area contributed by atoms with Gasteiger partial charge in [0, 0.05) is 50.4 Å². The number of ether oxygens (including phenoxy) is 1. The van der Waals surface area contributed by atoms with Crippen molar-refractivity contribution in [3.05, 3.63) is 54.2 Å². The molecule has 0 atom stereocenters. The van der Waals surface area contributed by atoms with Crippen LogP contribution in [0.3, 0.4) is 0 Å². The molecule has 7 nitrogen and oxygen atoms in total. The number of piperidine rings is 1. The lowest BCUT2D eigenvalue weighted by Crippen LogP contribution is -2.50. The molecule has 1 aromatic heterocycles. The predicted molar refractivity (Wildman–Crippen MR) is 126 cm³/mol. The van der Waals surface area contributed by atoms with Gasteiger partial charge in [0.15, 0.2) is 5.96 Å². The number of aromatic nitrogens is 1. The lowest BCUT2D eigenvalue weighted by atomic mass is 9.95. The fourth-order valence-corrected chi connectivity index (χ4v) is 4.33. The second-order valence-corrected chi connectivity index (χ2v) is 8.28. The summed E-state index contributed by atoms with van der Waals surface area (Å²) in [6.07, 6.45) is 3.56. The van der Waals surface area contributed by atoms with Crippen molar-refractivity contribution < 1.29 is 9.53 Å². The third kappa shape index (κ3) is 5.65. The fourth-order valence-electron chi connectivity index (χ4n) is 4.33. The zero-order valence-electron chi connectivity index (χ0n) is 18.9. The fraction of sp³-hybridized carbons (Fsp3) is 0.480. The van der Waals surface area contributed by atoms with Gasteiger partial charge in [-0.1, -0.05) is 24.3 Å². The van der Waals surface area contributed by atoms with Crippen LogP contribution in [0, 0.1) is 5.92 Å². The smallest absolute Gasteiger partial charge is 0.225 e. The lowest BCUT2D eigenvalue weighted by Gasteiger charge is -2.36. The van der Waals surface area contributed by atoms with Gasteiger partial charge in [0.25, 0.3) is 0 Å². The first kappa shape index (κ1) is 22.3. The van der Waals surface area contributed by atoms with Crippen LogP contribution in [-0.2, 0) is 16.1 Å². The molecule has 1 amide bonds. The monoisotopic (exact) mass is 435 g/mol. The van der Waals surface area contributed by atoms with Gasteiger partial charge in [-0.3, -0.25) is 9.78 Å². The van der Waals surface area contributed by atoms with E-state index in [1.54, 1.807) is 0 Å². The molecule has 2 aliphatic heterocycles. The second kappa shape index (κ2) is 11.1. The number of hydrogen-bond donors (Lipinski definition) is 1. The van der Waals surface area contributed by atoms with Crippen molar-refractivity contribution in [3.8, 4) is 11.3 Å². The van der Waals surface area contributed by atoms with Crippen LogP contribution in [0.5, 0.6) is 0 Å². The Morgan fingerprint density at radius 2 is 1.91 bits per heavy atom. The molecule has 0 bridgehead atoms. The topological polar surface area (TPSA) is 70.1 Å². The van der Waals surface area contributed by atoms with Crippen molar-refractivity contribution >= 4 is 11.9 Å². The SMILES string of the molecule is CCNC(=NCc1cccc(-c2ccccn2)c1)N1CCC(C(=O)N2CCOCC2)CC1. The Labute approximate surface area is 190 Å². The summed E-state index contributed by atoms with van der Waals surface area (Å²) in [5.74, 6) is 1.33. The van der Waals surface area contributed by atoms with Gasteiger partial charge in [-0.15, -0.1) is 0 Å². The van der Waals surface area contributed by atoms with Gasteiger partial charge in [0.2, 0.25) is 5.91 Å². The van der Waals surface area contributed by atoms with Crippen molar-refractivity contribution in [2.24, 2.45) is 10.9 Å². The average molecular weight is 436 g/mol. The Bertz CT molecular complexity index is 904. The average Bonchev–Trinajstić information content (AvgIpc) is 2.87. The van der Waals surface area contributed by atoms with Crippen LogP contribution in [0.2, 0.25) is 0 Å². The van der Waals surface area contributed by atoms with Crippen LogP contribution in [0.25, 0.3) is 11.3 Å². The minimum absolute atomic E-state index is 0.113. The third-order valence-corrected chi connectivity index (χ3v) is 6.10. The van der Waals surface area contributed by atoms with E-state index in [-0.39, 0.29) is 5.92 Å². The number of rotatable bonds is 5. The summed E-state index contributed by atoms with van der Waals surface area (Å²) in [6.45, 7) is 7.97. The summed E-state index contributed by atoms with van der Waals surface area (Å²) in [4.78, 5) is 26.4. The number of benzene rings is 1. The molecule has 2 fully saturated rings. The Kier molecular flexibility index (Phi) is 7.72. The van der Waals surface area contributed by atoms with E-state index in [1.165, 1.54) is 0 Å². The maximum absolute atomic E-state index is 12.8. The number of carbonyl (C=O) groups excluding carboxylic acids is 1. The molecule has 2 aromatic rings. The zero-order valence-corrected chi connectivity index (χ0v) is 18.9. The van der Waals surface area contributed by atoms with E-state index in [1.807, 2.05) is 29.3 Å². The highest BCUT2D eigenvalue weighted by atomic mass is 16.5. The number of guanidine groups is 1. The molecule has 0 spiro atoms. The minimum Gasteiger partial charge on any atom is -0.378 e. The van der Waals surface area contributed by atoms with Crippen LogP contribution < -0.4 is 5.32 Å². The number of nitrogens with zero attached hydrogens (tertiary/aromatic N) is 4. The van der Waals surface area contributed by atoms with Crippen molar-refractivity contribution in [1.29, 1.82) is 0 Å². The van der Waals surface area contributed by atoms with Crippen LogP contribution in [0.4, 0.5) is 0 Å². The Balaban J connectivity index is 1.37. The normalized spacial score (nSPS) is 18.0. The number of morpholine rings is 1. The predicted octanol–water partition coefficient (Wildman–Crippen LogP) is 2.78. The summed E-state index contributed by atoms with van der Waals surface area (Å²) in [5.41, 5.74) is 3.23. The van der Waals surface area contributed by atoms with Crippen LogP contribution in [0.15, 0.2) is 53.7 Å². The molecule has 0 radical (unpaired) electrons. The van der Waals surface area contributed by atoms with E-state index in [0.717, 1.165) is 68.3 Å². The summed E-state index contributed by atoms with van der Waals surface area (Å²) in [7, 11) is 0. The molecule has 0 aliphatic carbocycles. The molecular weight excluding hydrogens is 402 g/mol. The number of likely N-dealkylation sites (tertiary alicyclic amines) is 1. The number of amides is 1. The van der Waals surface area contributed by atoms with Gasteiger partial charge in [-0.05, 0) is 43.5 Å². The van der Waals surface area contributed by atoms with E-state index in [4.69, 9.17) is 9.73 Å². The number of nitrogens with one attached hydrogen (secondary N) is 1. The van der Waals surface area contributed by atoms with Gasteiger partial charge in [-0.25, -0.2) is 4.99 Å².